The van der Waals surface area contributed by atoms with Crippen LogP contribution in [-0.4, -0.2) is 54.5 Å². The maximum Gasteiger partial charge on any atom is 0.222 e. The van der Waals surface area contributed by atoms with E-state index in [0.29, 0.717) is 36.2 Å². The van der Waals surface area contributed by atoms with E-state index in [4.69, 9.17) is 4.74 Å². The second kappa shape index (κ2) is 6.99. The zero-order valence-electron chi connectivity index (χ0n) is 15.5. The SMILES string of the molecule is CCCCC(=O)N1C[C@H](c2cccc(OC)c2)[C@@H]2[C@H]1C1CCN2CC1. The molecule has 0 aliphatic carbocycles. The van der Waals surface area contributed by atoms with Gasteiger partial charge in [0.1, 0.15) is 5.75 Å². The summed E-state index contributed by atoms with van der Waals surface area (Å²) in [6.45, 7) is 5.43. The molecule has 4 fully saturated rings. The Bertz CT molecular complexity index is 624. The van der Waals surface area contributed by atoms with Crippen LogP contribution in [0.3, 0.4) is 0 Å². The Balaban J connectivity index is 1.64. The van der Waals surface area contributed by atoms with Gasteiger partial charge < -0.3 is 9.64 Å². The summed E-state index contributed by atoms with van der Waals surface area (Å²) in [6.07, 6.45) is 5.30. The first kappa shape index (κ1) is 16.9. The molecule has 4 aliphatic rings. The maximum atomic E-state index is 12.9. The first-order chi connectivity index (χ1) is 12.2. The van der Waals surface area contributed by atoms with Gasteiger partial charge in [-0.1, -0.05) is 25.5 Å². The van der Waals surface area contributed by atoms with E-state index in [1.54, 1.807) is 7.11 Å². The number of rotatable bonds is 5. The summed E-state index contributed by atoms with van der Waals surface area (Å²) >= 11 is 0. The number of hydrogen-bond acceptors (Lipinski definition) is 3. The Morgan fingerprint density at radius 1 is 1.24 bits per heavy atom. The number of likely N-dealkylation sites (tertiary alicyclic amines) is 1. The summed E-state index contributed by atoms with van der Waals surface area (Å²) in [7, 11) is 1.73. The Morgan fingerprint density at radius 2 is 2.04 bits per heavy atom. The molecule has 5 rings (SSSR count). The van der Waals surface area contributed by atoms with Crippen LogP contribution in [0.25, 0.3) is 0 Å². The third-order valence-corrected chi connectivity index (χ3v) is 6.58. The number of benzene rings is 1. The van der Waals surface area contributed by atoms with Crippen molar-refractivity contribution in [1.82, 2.24) is 9.80 Å². The number of fused-ring (bicyclic) bond motifs is 2. The van der Waals surface area contributed by atoms with Crippen LogP contribution < -0.4 is 4.74 Å². The number of amides is 1. The highest BCUT2D eigenvalue weighted by Gasteiger charge is 2.54. The predicted octanol–water partition coefficient (Wildman–Crippen LogP) is 3.27. The molecule has 0 unspecified atom stereocenters. The van der Waals surface area contributed by atoms with Crippen LogP contribution in [0.15, 0.2) is 24.3 Å². The van der Waals surface area contributed by atoms with Gasteiger partial charge in [-0.15, -0.1) is 0 Å². The molecular formula is C21H30N2O2. The number of unbranched alkanes of at least 4 members (excludes halogenated alkanes) is 1. The second-order valence-electron chi connectivity index (χ2n) is 7.89. The van der Waals surface area contributed by atoms with Crippen LogP contribution in [0.2, 0.25) is 0 Å². The van der Waals surface area contributed by atoms with Gasteiger partial charge in [0.15, 0.2) is 0 Å². The average molecular weight is 342 g/mol. The highest BCUT2D eigenvalue weighted by atomic mass is 16.5. The van der Waals surface area contributed by atoms with E-state index in [1.807, 2.05) is 6.07 Å². The number of methoxy groups -OCH3 is 1. The molecule has 4 saturated heterocycles. The lowest BCUT2D eigenvalue weighted by atomic mass is 9.75. The van der Waals surface area contributed by atoms with E-state index < -0.39 is 0 Å². The van der Waals surface area contributed by atoms with Crippen molar-refractivity contribution in [2.45, 2.75) is 57.0 Å². The minimum atomic E-state index is 0.371. The fraction of sp³-hybridized carbons (Fsp3) is 0.667. The zero-order valence-corrected chi connectivity index (χ0v) is 15.5. The van der Waals surface area contributed by atoms with Crippen molar-refractivity contribution in [3.05, 3.63) is 29.8 Å². The van der Waals surface area contributed by atoms with E-state index in [2.05, 4.69) is 34.9 Å². The Kier molecular flexibility index (Phi) is 4.72. The topological polar surface area (TPSA) is 32.8 Å². The fourth-order valence-corrected chi connectivity index (χ4v) is 5.34. The molecule has 1 aromatic rings. The van der Waals surface area contributed by atoms with Gasteiger partial charge in [-0.25, -0.2) is 0 Å². The number of piperidine rings is 3. The number of ether oxygens (including phenoxy) is 1. The van der Waals surface area contributed by atoms with Gasteiger partial charge >= 0.3 is 0 Å². The van der Waals surface area contributed by atoms with E-state index in [-0.39, 0.29) is 0 Å². The molecule has 4 nitrogen and oxygen atoms in total. The fourth-order valence-electron chi connectivity index (χ4n) is 5.34. The minimum Gasteiger partial charge on any atom is -0.497 e. The average Bonchev–Trinajstić information content (AvgIpc) is 3.10. The first-order valence-corrected chi connectivity index (χ1v) is 9.90. The molecule has 0 radical (unpaired) electrons. The van der Waals surface area contributed by atoms with Gasteiger partial charge in [0.25, 0.3) is 0 Å². The Labute approximate surface area is 151 Å². The lowest BCUT2D eigenvalue weighted by molar-refractivity contribution is -0.136. The van der Waals surface area contributed by atoms with Crippen LogP contribution in [0.5, 0.6) is 5.75 Å². The molecule has 4 heterocycles. The van der Waals surface area contributed by atoms with Gasteiger partial charge in [-0.05, 0) is 56.0 Å². The molecule has 0 N–H and O–H groups in total. The highest BCUT2D eigenvalue weighted by molar-refractivity contribution is 5.77. The van der Waals surface area contributed by atoms with Crippen LogP contribution in [0.4, 0.5) is 0 Å². The van der Waals surface area contributed by atoms with E-state index in [9.17, 15) is 4.79 Å². The van der Waals surface area contributed by atoms with E-state index in [0.717, 1.165) is 25.1 Å². The van der Waals surface area contributed by atoms with Gasteiger partial charge in [-0.3, -0.25) is 9.69 Å². The molecule has 2 bridgehead atoms. The first-order valence-electron chi connectivity index (χ1n) is 9.90. The summed E-state index contributed by atoms with van der Waals surface area (Å²) in [5.41, 5.74) is 1.33. The van der Waals surface area contributed by atoms with Gasteiger partial charge in [0.05, 0.1) is 13.2 Å². The lowest BCUT2D eigenvalue weighted by Gasteiger charge is -2.51. The smallest absolute Gasteiger partial charge is 0.222 e. The van der Waals surface area contributed by atoms with Crippen LogP contribution in [0.1, 0.15) is 50.5 Å². The number of carbonyl (C=O) groups excluding carboxylic acids is 1. The third kappa shape index (κ3) is 2.95. The molecule has 1 aromatic carbocycles. The molecule has 25 heavy (non-hydrogen) atoms. The summed E-state index contributed by atoms with van der Waals surface area (Å²) < 4.78 is 5.45. The number of hydrogen-bond donors (Lipinski definition) is 0. The van der Waals surface area contributed by atoms with E-state index in [1.165, 1.54) is 31.5 Å². The monoisotopic (exact) mass is 342 g/mol. The largest absolute Gasteiger partial charge is 0.497 e. The summed E-state index contributed by atoms with van der Waals surface area (Å²) in [4.78, 5) is 17.8. The molecule has 0 aromatic heterocycles. The van der Waals surface area contributed by atoms with Gasteiger partial charge in [0, 0.05) is 24.9 Å². The molecule has 0 spiro atoms. The molecule has 4 aliphatic heterocycles. The summed E-state index contributed by atoms with van der Waals surface area (Å²) in [6, 6.07) is 9.39. The summed E-state index contributed by atoms with van der Waals surface area (Å²) in [5, 5.41) is 0. The highest BCUT2D eigenvalue weighted by Crippen LogP contribution is 2.47. The molecule has 3 atom stereocenters. The number of nitrogens with zero attached hydrogens (tertiary/aromatic N) is 2. The minimum absolute atomic E-state index is 0.371. The normalized spacial score (nSPS) is 33.4. The quantitative estimate of drug-likeness (QED) is 0.823. The maximum absolute atomic E-state index is 12.9. The van der Waals surface area contributed by atoms with Crippen molar-refractivity contribution in [3.8, 4) is 5.75 Å². The molecule has 4 heteroatoms. The third-order valence-electron chi connectivity index (χ3n) is 6.58. The molecule has 136 valence electrons. The van der Waals surface area contributed by atoms with Crippen LogP contribution in [-0.2, 0) is 4.79 Å². The number of carbonyl (C=O) groups is 1. The van der Waals surface area contributed by atoms with Crippen LogP contribution in [0, 0.1) is 5.92 Å². The van der Waals surface area contributed by atoms with Crippen molar-refractivity contribution in [2.24, 2.45) is 5.92 Å². The van der Waals surface area contributed by atoms with Crippen molar-refractivity contribution in [1.29, 1.82) is 0 Å². The van der Waals surface area contributed by atoms with Crippen molar-refractivity contribution in [2.75, 3.05) is 26.7 Å². The molecular weight excluding hydrogens is 312 g/mol. The van der Waals surface area contributed by atoms with Gasteiger partial charge in [0.2, 0.25) is 5.91 Å². The Morgan fingerprint density at radius 3 is 2.76 bits per heavy atom. The van der Waals surface area contributed by atoms with Crippen molar-refractivity contribution < 1.29 is 9.53 Å². The lowest BCUT2D eigenvalue weighted by Crippen LogP contribution is -2.60. The predicted molar refractivity (Wildman–Crippen MR) is 98.8 cm³/mol. The standard InChI is InChI=1S/C21H30N2O2/c1-3-4-8-19(24)23-14-18(16-6-5-7-17(13-16)25-2)21-20(23)15-9-11-22(21)12-10-15/h5-7,13,15,18,20-21H,3-4,8-12,14H2,1-2H3/t18-,20-,21-/m1/s1. The second-order valence-corrected chi connectivity index (χ2v) is 7.89. The van der Waals surface area contributed by atoms with Gasteiger partial charge in [-0.2, -0.15) is 0 Å². The van der Waals surface area contributed by atoms with Crippen molar-refractivity contribution >= 4 is 5.91 Å². The Hall–Kier alpha value is -1.55. The van der Waals surface area contributed by atoms with E-state index >= 15 is 0 Å². The molecule has 0 saturated carbocycles. The van der Waals surface area contributed by atoms with Crippen LogP contribution >= 0.6 is 0 Å². The summed E-state index contributed by atoms with van der Waals surface area (Å²) in [5.74, 6) is 2.39. The molecule has 1 amide bonds. The van der Waals surface area contributed by atoms with Crippen molar-refractivity contribution in [3.63, 3.8) is 0 Å². The zero-order chi connectivity index (χ0) is 17.4.